The van der Waals surface area contributed by atoms with Crippen LogP contribution >= 0.6 is 0 Å². The second kappa shape index (κ2) is 8.19. The molecule has 0 saturated carbocycles. The van der Waals surface area contributed by atoms with Gasteiger partial charge in [-0.25, -0.2) is 4.79 Å². The zero-order valence-electron chi connectivity index (χ0n) is 16.3. The predicted octanol–water partition coefficient (Wildman–Crippen LogP) is 4.28. The Kier molecular flexibility index (Phi) is 6.47. The SMILES string of the molecule is COCC(NC1CCc2cc(NC(=O)OC(C)(C)C)ccc21)C(C)C. The van der Waals surface area contributed by atoms with Crippen molar-refractivity contribution < 1.29 is 14.3 Å². The summed E-state index contributed by atoms with van der Waals surface area (Å²) in [7, 11) is 1.74. The summed E-state index contributed by atoms with van der Waals surface area (Å²) in [6, 6.07) is 6.79. The molecular formula is C20H32N2O3. The molecule has 0 saturated heterocycles. The summed E-state index contributed by atoms with van der Waals surface area (Å²) in [4.78, 5) is 11.9. The van der Waals surface area contributed by atoms with Crippen molar-refractivity contribution in [3.63, 3.8) is 0 Å². The fraction of sp³-hybridized carbons (Fsp3) is 0.650. The quantitative estimate of drug-likeness (QED) is 0.805. The third kappa shape index (κ3) is 5.72. The number of aryl methyl sites for hydroxylation is 1. The molecule has 2 N–H and O–H groups in total. The van der Waals surface area contributed by atoms with Crippen molar-refractivity contribution in [3.05, 3.63) is 29.3 Å². The minimum absolute atomic E-state index is 0.334. The van der Waals surface area contributed by atoms with Crippen LogP contribution in [0.5, 0.6) is 0 Å². The van der Waals surface area contributed by atoms with Crippen molar-refractivity contribution in [2.45, 2.75) is 65.1 Å². The molecule has 2 atom stereocenters. The molecule has 1 aromatic carbocycles. The maximum Gasteiger partial charge on any atom is 0.412 e. The maximum atomic E-state index is 11.9. The first kappa shape index (κ1) is 19.7. The molecule has 5 heteroatoms. The molecular weight excluding hydrogens is 316 g/mol. The Labute approximate surface area is 151 Å². The van der Waals surface area contributed by atoms with Gasteiger partial charge in [-0.15, -0.1) is 0 Å². The van der Waals surface area contributed by atoms with Crippen LogP contribution in [0.15, 0.2) is 18.2 Å². The topological polar surface area (TPSA) is 59.6 Å². The minimum atomic E-state index is -0.497. The molecule has 0 heterocycles. The van der Waals surface area contributed by atoms with Crippen molar-refractivity contribution >= 4 is 11.8 Å². The van der Waals surface area contributed by atoms with Crippen molar-refractivity contribution in [1.29, 1.82) is 0 Å². The molecule has 1 aliphatic carbocycles. The van der Waals surface area contributed by atoms with Crippen LogP contribution in [0, 0.1) is 5.92 Å². The number of hydrogen-bond donors (Lipinski definition) is 2. The van der Waals surface area contributed by atoms with E-state index in [1.165, 1.54) is 11.1 Å². The van der Waals surface area contributed by atoms with Gasteiger partial charge in [0, 0.05) is 24.9 Å². The van der Waals surface area contributed by atoms with E-state index in [-0.39, 0.29) is 0 Å². The van der Waals surface area contributed by atoms with E-state index < -0.39 is 11.7 Å². The minimum Gasteiger partial charge on any atom is -0.444 e. The normalized spacial score (nSPS) is 18.1. The fourth-order valence-electron chi connectivity index (χ4n) is 3.16. The van der Waals surface area contributed by atoms with Crippen LogP contribution in [-0.2, 0) is 15.9 Å². The molecule has 5 nitrogen and oxygen atoms in total. The number of fused-ring (bicyclic) bond motifs is 1. The van der Waals surface area contributed by atoms with Crippen LogP contribution < -0.4 is 10.6 Å². The molecule has 0 spiro atoms. The Bertz CT molecular complexity index is 593. The van der Waals surface area contributed by atoms with Gasteiger partial charge in [-0.05, 0) is 62.8 Å². The van der Waals surface area contributed by atoms with E-state index in [2.05, 4.69) is 36.6 Å². The summed E-state index contributed by atoms with van der Waals surface area (Å²) < 4.78 is 10.7. The number of anilines is 1. The number of ether oxygens (including phenoxy) is 2. The summed E-state index contributed by atoms with van der Waals surface area (Å²) in [6.45, 7) is 10.7. The highest BCUT2D eigenvalue weighted by Crippen LogP contribution is 2.33. The second-order valence-corrected chi connectivity index (χ2v) is 8.10. The van der Waals surface area contributed by atoms with Crippen molar-refractivity contribution in [2.24, 2.45) is 5.92 Å². The average molecular weight is 348 g/mol. The molecule has 0 aromatic heterocycles. The van der Waals surface area contributed by atoms with Crippen molar-refractivity contribution in [3.8, 4) is 0 Å². The summed E-state index contributed by atoms with van der Waals surface area (Å²) >= 11 is 0. The number of nitrogens with one attached hydrogen (secondary N) is 2. The Morgan fingerprint density at radius 1 is 1.32 bits per heavy atom. The Hall–Kier alpha value is -1.59. The molecule has 1 aromatic rings. The first-order valence-corrected chi connectivity index (χ1v) is 9.07. The average Bonchev–Trinajstić information content (AvgIpc) is 2.87. The van der Waals surface area contributed by atoms with E-state index in [0.717, 1.165) is 18.5 Å². The van der Waals surface area contributed by atoms with Gasteiger partial charge in [0.2, 0.25) is 0 Å². The summed E-state index contributed by atoms with van der Waals surface area (Å²) in [5, 5.41) is 6.55. The number of carbonyl (C=O) groups excluding carboxylic acids is 1. The first-order chi connectivity index (χ1) is 11.7. The van der Waals surface area contributed by atoms with E-state index in [9.17, 15) is 4.79 Å². The number of benzene rings is 1. The van der Waals surface area contributed by atoms with Gasteiger partial charge in [0.05, 0.1) is 6.61 Å². The molecule has 0 radical (unpaired) electrons. The van der Waals surface area contributed by atoms with Crippen LogP contribution in [0.1, 0.15) is 58.2 Å². The largest absolute Gasteiger partial charge is 0.444 e. The predicted molar refractivity (Wildman–Crippen MR) is 101 cm³/mol. The Morgan fingerprint density at radius 3 is 2.64 bits per heavy atom. The molecule has 1 amide bonds. The lowest BCUT2D eigenvalue weighted by Crippen LogP contribution is -2.39. The van der Waals surface area contributed by atoms with Crippen LogP contribution in [0.4, 0.5) is 10.5 Å². The third-order valence-corrected chi connectivity index (χ3v) is 4.43. The molecule has 0 fully saturated rings. The highest BCUT2D eigenvalue weighted by Gasteiger charge is 2.26. The Balaban J connectivity index is 2.03. The number of hydrogen-bond acceptors (Lipinski definition) is 4. The summed E-state index contributed by atoms with van der Waals surface area (Å²) in [5.41, 5.74) is 2.89. The lowest BCUT2D eigenvalue weighted by molar-refractivity contribution is 0.0636. The highest BCUT2D eigenvalue weighted by atomic mass is 16.6. The smallest absolute Gasteiger partial charge is 0.412 e. The second-order valence-electron chi connectivity index (χ2n) is 8.10. The van der Waals surface area contributed by atoms with E-state index in [4.69, 9.17) is 9.47 Å². The maximum absolute atomic E-state index is 11.9. The van der Waals surface area contributed by atoms with Gasteiger partial charge in [0.15, 0.2) is 0 Å². The van der Waals surface area contributed by atoms with Gasteiger partial charge < -0.3 is 14.8 Å². The molecule has 25 heavy (non-hydrogen) atoms. The number of methoxy groups -OCH3 is 1. The summed E-state index contributed by atoms with van der Waals surface area (Å²) in [5.74, 6) is 0.511. The number of amides is 1. The number of carbonyl (C=O) groups is 1. The van der Waals surface area contributed by atoms with Crippen LogP contribution in [0.25, 0.3) is 0 Å². The Morgan fingerprint density at radius 2 is 2.04 bits per heavy atom. The first-order valence-electron chi connectivity index (χ1n) is 9.07. The molecule has 2 unspecified atom stereocenters. The van der Waals surface area contributed by atoms with Crippen LogP contribution in [0.3, 0.4) is 0 Å². The van der Waals surface area contributed by atoms with Gasteiger partial charge >= 0.3 is 6.09 Å². The fourth-order valence-corrected chi connectivity index (χ4v) is 3.16. The van der Waals surface area contributed by atoms with Crippen molar-refractivity contribution in [1.82, 2.24) is 5.32 Å². The third-order valence-electron chi connectivity index (χ3n) is 4.43. The van der Waals surface area contributed by atoms with E-state index in [0.29, 0.717) is 24.6 Å². The zero-order valence-corrected chi connectivity index (χ0v) is 16.3. The van der Waals surface area contributed by atoms with Gasteiger partial charge in [-0.2, -0.15) is 0 Å². The standard InChI is InChI=1S/C20H32N2O3/c1-13(2)18(12-24-6)22-17-10-7-14-11-15(8-9-16(14)17)21-19(23)25-20(3,4)5/h8-9,11,13,17-18,22H,7,10,12H2,1-6H3,(H,21,23). The number of rotatable bonds is 6. The van der Waals surface area contributed by atoms with Gasteiger partial charge in [-0.1, -0.05) is 19.9 Å². The lowest BCUT2D eigenvalue weighted by atomic mass is 10.0. The van der Waals surface area contributed by atoms with Gasteiger partial charge in [0.1, 0.15) is 5.60 Å². The summed E-state index contributed by atoms with van der Waals surface area (Å²) in [6.07, 6.45) is 1.66. The van der Waals surface area contributed by atoms with Crippen LogP contribution in [0.2, 0.25) is 0 Å². The van der Waals surface area contributed by atoms with Crippen molar-refractivity contribution in [2.75, 3.05) is 19.0 Å². The highest BCUT2D eigenvalue weighted by molar-refractivity contribution is 5.85. The lowest BCUT2D eigenvalue weighted by Gasteiger charge is -2.26. The van der Waals surface area contributed by atoms with Crippen LogP contribution in [-0.4, -0.2) is 31.5 Å². The molecule has 140 valence electrons. The monoisotopic (exact) mass is 348 g/mol. The van der Waals surface area contributed by atoms with Gasteiger partial charge in [-0.3, -0.25) is 5.32 Å². The van der Waals surface area contributed by atoms with E-state index in [1.807, 2.05) is 26.8 Å². The zero-order chi connectivity index (χ0) is 18.6. The molecule has 0 bridgehead atoms. The molecule has 2 rings (SSSR count). The molecule has 0 aliphatic heterocycles. The van der Waals surface area contributed by atoms with Gasteiger partial charge in [0.25, 0.3) is 0 Å². The molecule has 1 aliphatic rings. The van der Waals surface area contributed by atoms with E-state index in [1.54, 1.807) is 7.11 Å². The van der Waals surface area contributed by atoms with E-state index >= 15 is 0 Å².